The molecule has 0 spiro atoms. The number of amides is 4. The Morgan fingerprint density at radius 2 is 1.69 bits per heavy atom. The molecule has 4 N–H and O–H groups in total. The highest BCUT2D eigenvalue weighted by Crippen LogP contribution is 2.37. The summed E-state index contributed by atoms with van der Waals surface area (Å²) in [6.07, 6.45) is 8.07. The van der Waals surface area contributed by atoms with Crippen molar-refractivity contribution in [3.63, 3.8) is 0 Å². The van der Waals surface area contributed by atoms with Gasteiger partial charge in [0.2, 0.25) is 23.5 Å². The minimum absolute atomic E-state index is 0.0747. The Morgan fingerprint density at radius 3 is 2.46 bits per heavy atom. The van der Waals surface area contributed by atoms with Crippen molar-refractivity contribution in [2.24, 2.45) is 5.92 Å². The number of likely N-dealkylation sites (tertiary alicyclic amines) is 1. The maximum Gasteiger partial charge on any atom is 0.267 e. The van der Waals surface area contributed by atoms with Crippen LogP contribution < -0.4 is 30.9 Å². The molecular formula is C50H60ClN11O7S2. The highest BCUT2D eigenvalue weighted by atomic mass is 35.5. The van der Waals surface area contributed by atoms with Crippen molar-refractivity contribution in [1.29, 1.82) is 0 Å². The van der Waals surface area contributed by atoms with Crippen LogP contribution in [0.25, 0.3) is 0 Å². The first-order chi connectivity index (χ1) is 34.3. The Bertz CT molecular complexity index is 2680. The number of nitrogens with zero attached hydrogens (tertiary/aromatic N) is 7. The van der Waals surface area contributed by atoms with Gasteiger partial charge >= 0.3 is 0 Å². The molecule has 3 aliphatic rings. The number of para-hydroxylation sites is 1. The van der Waals surface area contributed by atoms with E-state index in [1.165, 1.54) is 28.9 Å². The fourth-order valence-electron chi connectivity index (χ4n) is 9.09. The summed E-state index contributed by atoms with van der Waals surface area (Å²) >= 11 is 8.86. The minimum Gasteiger partial charge on any atom is -0.491 e. The van der Waals surface area contributed by atoms with Gasteiger partial charge in [-0.3, -0.25) is 24.0 Å². The summed E-state index contributed by atoms with van der Waals surface area (Å²) in [6, 6.07) is 12.8. The molecule has 4 amide bonds. The Balaban J connectivity index is 0.772. The Labute approximate surface area is 426 Å². The quantitative estimate of drug-likeness (QED) is 0.0486. The average Bonchev–Trinajstić information content (AvgIpc) is 4.19. The molecule has 2 aliphatic heterocycles. The van der Waals surface area contributed by atoms with Gasteiger partial charge in [-0.1, -0.05) is 66.5 Å². The van der Waals surface area contributed by atoms with E-state index in [-0.39, 0.29) is 61.2 Å². The van der Waals surface area contributed by atoms with Gasteiger partial charge in [0.25, 0.3) is 5.91 Å². The molecule has 5 aromatic rings. The number of carbonyl (C=O) groups is 5. The van der Waals surface area contributed by atoms with Crippen molar-refractivity contribution in [3.8, 4) is 5.75 Å². The largest absolute Gasteiger partial charge is 0.491 e. The second-order valence-corrected chi connectivity index (χ2v) is 20.3. The molecule has 18 nitrogen and oxygen atoms in total. The number of rotatable bonds is 19. The number of thiazole rings is 2. The number of hydrogen-bond acceptors (Lipinski definition) is 16. The summed E-state index contributed by atoms with van der Waals surface area (Å²) in [5.41, 5.74) is 2.12. The lowest BCUT2D eigenvalue weighted by atomic mass is 9.83. The first-order valence-corrected chi connectivity index (χ1v) is 26.2. The third kappa shape index (κ3) is 12.9. The van der Waals surface area contributed by atoms with Crippen molar-refractivity contribution < 1.29 is 33.4 Å². The molecule has 1 saturated carbocycles. The summed E-state index contributed by atoms with van der Waals surface area (Å²) in [4.78, 5) is 91.4. The predicted molar refractivity (Wildman–Crippen MR) is 274 cm³/mol. The van der Waals surface area contributed by atoms with Gasteiger partial charge in [-0.15, -0.1) is 11.3 Å². The SMILES string of the molecule is CN[C@@H](C)C(=O)N[C@H](C(=O)N1CCC[C@H]1c1nc(C(=O)c2cccc(OCCOCC(=O)N3CCN(c4cc(Nc5ncc(C(=O)Nc6c(C)cccc6Cl)s5)nc(C)n4)CC3)c2)cs1)C1CCCCC1. The van der Waals surface area contributed by atoms with Crippen LogP contribution in [-0.4, -0.2) is 131 Å². The number of anilines is 4. The first kappa shape index (κ1) is 51.3. The van der Waals surface area contributed by atoms with Gasteiger partial charge in [-0.25, -0.2) is 19.9 Å². The fraction of sp³-hybridized carbons (Fsp3) is 0.460. The van der Waals surface area contributed by atoms with Crippen LogP contribution in [0, 0.1) is 19.8 Å². The lowest BCUT2D eigenvalue weighted by Gasteiger charge is -2.35. The first-order valence-electron chi connectivity index (χ1n) is 24.1. The smallest absolute Gasteiger partial charge is 0.267 e. The van der Waals surface area contributed by atoms with E-state index in [2.05, 4.69) is 41.1 Å². The van der Waals surface area contributed by atoms with Gasteiger partial charge in [0.05, 0.1) is 35.6 Å². The molecule has 2 aromatic carbocycles. The number of carbonyl (C=O) groups excluding carboxylic acids is 5. The average molecular weight is 1030 g/mol. The van der Waals surface area contributed by atoms with E-state index in [1.54, 1.807) is 61.5 Å². The maximum absolute atomic E-state index is 14.2. The highest BCUT2D eigenvalue weighted by Gasteiger charge is 2.40. The number of hydrogen-bond donors (Lipinski definition) is 4. The summed E-state index contributed by atoms with van der Waals surface area (Å²) in [6.45, 7) is 8.35. The number of likely N-dealkylation sites (N-methyl/N-ethyl adjacent to an activating group) is 1. The molecule has 3 fully saturated rings. The van der Waals surface area contributed by atoms with Gasteiger partial charge in [0, 0.05) is 49.7 Å². The van der Waals surface area contributed by atoms with Crippen LogP contribution in [0.1, 0.15) is 100 Å². The van der Waals surface area contributed by atoms with Crippen LogP contribution in [0.3, 0.4) is 0 Å². The molecule has 21 heteroatoms. The molecule has 8 rings (SSSR count). The molecular weight excluding hydrogens is 966 g/mol. The van der Waals surface area contributed by atoms with E-state index in [0.717, 1.165) is 50.5 Å². The van der Waals surface area contributed by atoms with E-state index in [1.807, 2.05) is 30.0 Å². The van der Waals surface area contributed by atoms with Gasteiger partial charge < -0.3 is 45.4 Å². The third-order valence-corrected chi connectivity index (χ3v) is 15.3. The van der Waals surface area contributed by atoms with Crippen LogP contribution in [-0.2, 0) is 19.1 Å². The Morgan fingerprint density at radius 1 is 0.901 bits per heavy atom. The number of aryl methyl sites for hydroxylation is 2. The Hall–Kier alpha value is -6.06. The number of nitrogens with one attached hydrogen (secondary N) is 4. The third-order valence-electron chi connectivity index (χ3n) is 13.1. The fourth-order valence-corrected chi connectivity index (χ4v) is 11.0. The normalized spacial score (nSPS) is 17.1. The second kappa shape index (κ2) is 23.9. The standard InChI is InChI=1S/C50H60ClN11O7S2/c1-30-11-8-16-36(51)43(30)58-47(66)39-27-53-50(71-39)57-40-26-41(55-32(3)54-40)60-19-21-61(22-20-60)42(63)28-68-23-24-69-35-15-9-14-34(25-35)45(64)37-29-70-48(56-37)38-17-10-18-62(38)49(67)44(33-12-6-5-7-13-33)59-46(65)31(2)52-4/h8-9,11,14-16,25-27,29,31,33,38,44,52H,5-7,10,12-13,17-24,28H2,1-4H3,(H,58,66)(H,59,65)(H,53,54,55,57)/t31-,38-,44-/m0/s1. The van der Waals surface area contributed by atoms with Crippen LogP contribution in [0.4, 0.5) is 22.5 Å². The van der Waals surface area contributed by atoms with Crippen LogP contribution in [0.2, 0.25) is 5.02 Å². The molecule has 3 aromatic heterocycles. The molecule has 0 bridgehead atoms. The zero-order valence-electron chi connectivity index (χ0n) is 40.4. The Kier molecular flexibility index (Phi) is 17.3. The number of piperazine rings is 1. The zero-order valence-corrected chi connectivity index (χ0v) is 42.8. The topological polar surface area (TPSA) is 213 Å². The van der Waals surface area contributed by atoms with E-state index in [9.17, 15) is 24.0 Å². The predicted octanol–water partition coefficient (Wildman–Crippen LogP) is 6.97. The number of aromatic nitrogens is 4. The highest BCUT2D eigenvalue weighted by molar-refractivity contribution is 7.17. The zero-order chi connectivity index (χ0) is 50.0. The lowest BCUT2D eigenvalue weighted by Crippen LogP contribution is -2.55. The van der Waals surface area contributed by atoms with Gasteiger partial charge in [0.1, 0.15) is 58.0 Å². The van der Waals surface area contributed by atoms with Crippen molar-refractivity contribution in [2.45, 2.75) is 83.8 Å². The minimum atomic E-state index is -0.598. The van der Waals surface area contributed by atoms with E-state index >= 15 is 0 Å². The second-order valence-electron chi connectivity index (χ2n) is 18.0. The van der Waals surface area contributed by atoms with Crippen molar-refractivity contribution >= 4 is 86.1 Å². The lowest BCUT2D eigenvalue weighted by molar-refractivity contribution is -0.139. The van der Waals surface area contributed by atoms with Gasteiger partial charge in [-0.05, 0) is 83.2 Å². The van der Waals surface area contributed by atoms with Crippen molar-refractivity contribution in [1.82, 2.24) is 40.4 Å². The molecule has 376 valence electrons. The van der Waals surface area contributed by atoms with E-state index in [4.69, 9.17) is 26.1 Å². The molecule has 71 heavy (non-hydrogen) atoms. The van der Waals surface area contributed by atoms with Crippen LogP contribution >= 0.6 is 34.3 Å². The van der Waals surface area contributed by atoms with Gasteiger partial charge in [0.15, 0.2) is 5.13 Å². The summed E-state index contributed by atoms with van der Waals surface area (Å²) in [5.74, 6) is 1.39. The maximum atomic E-state index is 14.2. The molecule has 3 atom stereocenters. The summed E-state index contributed by atoms with van der Waals surface area (Å²) in [5, 5.41) is 15.5. The number of ether oxygens (including phenoxy) is 2. The summed E-state index contributed by atoms with van der Waals surface area (Å²) < 4.78 is 11.6. The van der Waals surface area contributed by atoms with Crippen LogP contribution in [0.5, 0.6) is 5.75 Å². The molecule has 0 unspecified atom stereocenters. The van der Waals surface area contributed by atoms with Gasteiger partial charge in [-0.2, -0.15) is 0 Å². The molecule has 0 radical (unpaired) electrons. The van der Waals surface area contributed by atoms with E-state index < -0.39 is 12.1 Å². The van der Waals surface area contributed by atoms with Crippen molar-refractivity contribution in [2.75, 3.05) is 75.1 Å². The van der Waals surface area contributed by atoms with Crippen LogP contribution in [0.15, 0.2) is 60.1 Å². The number of benzene rings is 2. The number of ketones is 1. The molecule has 5 heterocycles. The summed E-state index contributed by atoms with van der Waals surface area (Å²) in [7, 11) is 1.73. The van der Waals surface area contributed by atoms with E-state index in [0.29, 0.717) is 92.9 Å². The molecule has 1 aliphatic carbocycles. The number of halogens is 1. The molecule has 2 saturated heterocycles. The van der Waals surface area contributed by atoms with Crippen molar-refractivity contribution in [3.05, 3.63) is 97.7 Å². The monoisotopic (exact) mass is 1030 g/mol.